The van der Waals surface area contributed by atoms with Crippen LogP contribution in [0.25, 0.3) is 0 Å². The number of nitrogens with zero attached hydrogens (tertiary/aromatic N) is 1. The SMILES string of the molecule is CC(=O)N(CCC(=O)Nc1ccc(F)cc1F)c1ccccc1F. The maximum Gasteiger partial charge on any atom is 0.226 e. The van der Waals surface area contributed by atoms with Crippen LogP contribution in [-0.2, 0) is 9.59 Å². The van der Waals surface area contributed by atoms with Crippen molar-refractivity contribution in [3.05, 3.63) is 59.9 Å². The van der Waals surface area contributed by atoms with Crippen molar-refractivity contribution in [2.45, 2.75) is 13.3 Å². The lowest BCUT2D eigenvalue weighted by Crippen LogP contribution is -2.32. The molecule has 2 aromatic rings. The van der Waals surface area contributed by atoms with E-state index >= 15 is 0 Å². The summed E-state index contributed by atoms with van der Waals surface area (Å²) < 4.78 is 40.1. The normalized spacial score (nSPS) is 10.3. The number of anilines is 2. The second kappa shape index (κ2) is 7.63. The van der Waals surface area contributed by atoms with Gasteiger partial charge in [0.25, 0.3) is 0 Å². The minimum Gasteiger partial charge on any atom is -0.324 e. The predicted molar refractivity (Wildman–Crippen MR) is 84.0 cm³/mol. The first-order valence-electron chi connectivity index (χ1n) is 7.16. The van der Waals surface area contributed by atoms with E-state index < -0.39 is 29.3 Å². The summed E-state index contributed by atoms with van der Waals surface area (Å²) in [6.45, 7) is 1.18. The Morgan fingerprint density at radius 3 is 2.38 bits per heavy atom. The highest BCUT2D eigenvalue weighted by Crippen LogP contribution is 2.20. The molecule has 0 saturated carbocycles. The fourth-order valence-corrected chi connectivity index (χ4v) is 2.14. The van der Waals surface area contributed by atoms with Gasteiger partial charge >= 0.3 is 0 Å². The van der Waals surface area contributed by atoms with Crippen molar-refractivity contribution in [1.82, 2.24) is 0 Å². The van der Waals surface area contributed by atoms with Gasteiger partial charge in [-0.15, -0.1) is 0 Å². The maximum atomic E-state index is 13.8. The molecule has 2 rings (SSSR count). The summed E-state index contributed by atoms with van der Waals surface area (Å²) in [7, 11) is 0. The average molecular weight is 336 g/mol. The molecule has 0 fully saturated rings. The summed E-state index contributed by atoms with van der Waals surface area (Å²) in [4.78, 5) is 24.7. The second-order valence-electron chi connectivity index (χ2n) is 5.04. The lowest BCUT2D eigenvalue weighted by atomic mass is 10.2. The molecule has 7 heteroatoms. The minimum absolute atomic E-state index is 0.0609. The van der Waals surface area contributed by atoms with Gasteiger partial charge in [-0.2, -0.15) is 0 Å². The van der Waals surface area contributed by atoms with Crippen LogP contribution >= 0.6 is 0 Å². The Bertz CT molecular complexity index is 765. The molecule has 2 aromatic carbocycles. The molecule has 0 unspecified atom stereocenters. The zero-order valence-corrected chi connectivity index (χ0v) is 12.9. The maximum absolute atomic E-state index is 13.8. The smallest absolute Gasteiger partial charge is 0.226 e. The third-order valence-corrected chi connectivity index (χ3v) is 3.29. The van der Waals surface area contributed by atoms with Gasteiger partial charge in [-0.3, -0.25) is 9.59 Å². The first-order chi connectivity index (χ1) is 11.4. The van der Waals surface area contributed by atoms with Crippen molar-refractivity contribution in [2.75, 3.05) is 16.8 Å². The monoisotopic (exact) mass is 336 g/mol. The van der Waals surface area contributed by atoms with Crippen LogP contribution in [0.3, 0.4) is 0 Å². The minimum atomic E-state index is -0.902. The van der Waals surface area contributed by atoms with E-state index in [4.69, 9.17) is 0 Å². The number of hydrogen-bond donors (Lipinski definition) is 1. The Kier molecular flexibility index (Phi) is 5.57. The molecule has 0 bridgehead atoms. The average Bonchev–Trinajstić information content (AvgIpc) is 2.51. The standard InChI is InChI=1S/C17H15F3N2O2/c1-11(23)22(16-5-3-2-4-13(16)19)9-8-17(24)21-15-7-6-12(18)10-14(15)20/h2-7,10H,8-9H2,1H3,(H,21,24). The van der Waals surface area contributed by atoms with Crippen LogP contribution in [0.5, 0.6) is 0 Å². The number of halogens is 3. The molecule has 0 spiro atoms. The third kappa shape index (κ3) is 4.34. The number of carbonyl (C=O) groups excluding carboxylic acids is 2. The molecule has 0 aromatic heterocycles. The lowest BCUT2D eigenvalue weighted by Gasteiger charge is -2.21. The molecule has 0 aliphatic carbocycles. The molecule has 0 aliphatic heterocycles. The van der Waals surface area contributed by atoms with Crippen molar-refractivity contribution in [3.63, 3.8) is 0 Å². The van der Waals surface area contributed by atoms with E-state index in [0.29, 0.717) is 6.07 Å². The van der Waals surface area contributed by atoms with Gasteiger partial charge in [-0.05, 0) is 24.3 Å². The van der Waals surface area contributed by atoms with Gasteiger partial charge in [0.05, 0.1) is 11.4 Å². The first kappa shape index (κ1) is 17.5. The number of hydrogen-bond acceptors (Lipinski definition) is 2. The van der Waals surface area contributed by atoms with Crippen LogP contribution in [0.15, 0.2) is 42.5 Å². The van der Waals surface area contributed by atoms with E-state index in [9.17, 15) is 22.8 Å². The molecule has 0 heterocycles. The van der Waals surface area contributed by atoms with Crippen molar-refractivity contribution in [1.29, 1.82) is 0 Å². The van der Waals surface area contributed by atoms with Gasteiger partial charge in [0.15, 0.2) is 0 Å². The highest BCUT2D eigenvalue weighted by molar-refractivity contribution is 5.94. The number of amides is 2. The summed E-state index contributed by atoms with van der Waals surface area (Å²) in [5.41, 5.74) is -0.104. The largest absolute Gasteiger partial charge is 0.324 e. The molecular weight excluding hydrogens is 321 g/mol. The number of para-hydroxylation sites is 1. The van der Waals surface area contributed by atoms with Crippen LogP contribution in [0.4, 0.5) is 24.5 Å². The van der Waals surface area contributed by atoms with Crippen LogP contribution in [0.2, 0.25) is 0 Å². The van der Waals surface area contributed by atoms with Crippen LogP contribution in [0.1, 0.15) is 13.3 Å². The summed E-state index contributed by atoms with van der Waals surface area (Å²) in [6.07, 6.45) is -0.176. The summed E-state index contributed by atoms with van der Waals surface area (Å²) in [5, 5.41) is 2.29. The molecule has 2 amide bonds. The highest BCUT2D eigenvalue weighted by Gasteiger charge is 2.17. The Balaban J connectivity index is 2.03. The van der Waals surface area contributed by atoms with Gasteiger partial charge < -0.3 is 10.2 Å². The Morgan fingerprint density at radius 2 is 1.75 bits per heavy atom. The zero-order valence-electron chi connectivity index (χ0n) is 12.9. The fraction of sp³-hybridized carbons (Fsp3) is 0.176. The Morgan fingerprint density at radius 1 is 1.04 bits per heavy atom. The van der Waals surface area contributed by atoms with E-state index in [1.54, 1.807) is 6.07 Å². The molecular formula is C17H15F3N2O2. The van der Waals surface area contributed by atoms with Crippen molar-refractivity contribution in [2.24, 2.45) is 0 Å². The van der Waals surface area contributed by atoms with Gasteiger partial charge in [0.2, 0.25) is 11.8 Å². The summed E-state index contributed by atoms with van der Waals surface area (Å²) >= 11 is 0. The van der Waals surface area contributed by atoms with Gasteiger partial charge in [-0.25, -0.2) is 13.2 Å². The lowest BCUT2D eigenvalue weighted by molar-refractivity contribution is -0.117. The third-order valence-electron chi connectivity index (χ3n) is 3.29. The van der Waals surface area contributed by atoms with Gasteiger partial charge in [0, 0.05) is 26.0 Å². The van der Waals surface area contributed by atoms with Crippen molar-refractivity contribution >= 4 is 23.2 Å². The van der Waals surface area contributed by atoms with Gasteiger partial charge in [0.1, 0.15) is 17.5 Å². The molecule has 0 aliphatic rings. The van der Waals surface area contributed by atoms with E-state index in [1.165, 1.54) is 25.1 Å². The molecule has 1 N–H and O–H groups in total. The predicted octanol–water partition coefficient (Wildman–Crippen LogP) is 3.49. The second-order valence-corrected chi connectivity index (χ2v) is 5.04. The summed E-state index contributed by atoms with van der Waals surface area (Å²) in [6, 6.07) is 8.45. The van der Waals surface area contributed by atoms with Crippen LogP contribution < -0.4 is 10.2 Å². The molecule has 0 atom stereocenters. The van der Waals surface area contributed by atoms with Crippen LogP contribution in [0, 0.1) is 17.5 Å². The molecule has 126 valence electrons. The van der Waals surface area contributed by atoms with E-state index in [2.05, 4.69) is 5.32 Å². The molecule has 24 heavy (non-hydrogen) atoms. The van der Waals surface area contributed by atoms with Crippen molar-refractivity contribution in [3.8, 4) is 0 Å². The fourth-order valence-electron chi connectivity index (χ4n) is 2.14. The number of benzene rings is 2. The quantitative estimate of drug-likeness (QED) is 0.909. The van der Waals surface area contributed by atoms with E-state index in [1.807, 2.05) is 0 Å². The molecule has 4 nitrogen and oxygen atoms in total. The van der Waals surface area contributed by atoms with Gasteiger partial charge in [-0.1, -0.05) is 12.1 Å². The number of carbonyl (C=O) groups is 2. The Labute approximate surface area is 136 Å². The number of rotatable bonds is 5. The first-order valence-corrected chi connectivity index (χ1v) is 7.16. The zero-order chi connectivity index (χ0) is 17.7. The number of nitrogens with one attached hydrogen (secondary N) is 1. The van der Waals surface area contributed by atoms with Crippen molar-refractivity contribution < 1.29 is 22.8 Å². The van der Waals surface area contributed by atoms with Crippen LogP contribution in [-0.4, -0.2) is 18.4 Å². The Hall–Kier alpha value is -2.83. The molecule has 0 radical (unpaired) electrons. The summed E-state index contributed by atoms with van der Waals surface area (Å²) in [5.74, 6) is -3.25. The highest BCUT2D eigenvalue weighted by atomic mass is 19.1. The van der Waals surface area contributed by atoms with E-state index in [-0.39, 0.29) is 24.3 Å². The topological polar surface area (TPSA) is 49.4 Å². The molecule has 0 saturated heterocycles. The van der Waals surface area contributed by atoms with E-state index in [0.717, 1.165) is 17.0 Å².